The molecular formula is C10H22N2. The van der Waals surface area contributed by atoms with Crippen molar-refractivity contribution in [2.75, 3.05) is 13.6 Å². The number of nitrogens with two attached hydrogens (primary N) is 1. The summed E-state index contributed by atoms with van der Waals surface area (Å²) in [6.45, 7) is 5.64. The summed E-state index contributed by atoms with van der Waals surface area (Å²) >= 11 is 0. The summed E-state index contributed by atoms with van der Waals surface area (Å²) < 4.78 is 0. The number of hydrogen-bond donors (Lipinski definition) is 1. The summed E-state index contributed by atoms with van der Waals surface area (Å²) in [7, 11) is 2.19. The van der Waals surface area contributed by atoms with Crippen LogP contribution in [0.3, 0.4) is 0 Å². The molecular weight excluding hydrogens is 148 g/mol. The number of hydrogen-bond acceptors (Lipinski definition) is 2. The van der Waals surface area contributed by atoms with E-state index in [1.165, 1.54) is 19.4 Å². The molecule has 1 rings (SSSR count). The molecule has 0 aromatic carbocycles. The topological polar surface area (TPSA) is 29.3 Å². The van der Waals surface area contributed by atoms with Crippen molar-refractivity contribution in [2.24, 2.45) is 11.7 Å². The maximum atomic E-state index is 5.97. The third-order valence-electron chi connectivity index (χ3n) is 3.03. The zero-order valence-corrected chi connectivity index (χ0v) is 8.59. The van der Waals surface area contributed by atoms with Gasteiger partial charge in [-0.15, -0.1) is 0 Å². The van der Waals surface area contributed by atoms with Crippen LogP contribution in [0.15, 0.2) is 0 Å². The summed E-state index contributed by atoms with van der Waals surface area (Å²) in [5, 5.41) is 0. The fourth-order valence-corrected chi connectivity index (χ4v) is 1.54. The van der Waals surface area contributed by atoms with Crippen LogP contribution in [0.1, 0.15) is 33.1 Å². The molecule has 2 N–H and O–H groups in total. The van der Waals surface area contributed by atoms with Crippen molar-refractivity contribution in [1.29, 1.82) is 0 Å². The van der Waals surface area contributed by atoms with Gasteiger partial charge in [0.25, 0.3) is 0 Å². The van der Waals surface area contributed by atoms with Crippen LogP contribution >= 0.6 is 0 Å². The molecule has 0 aromatic rings. The lowest BCUT2D eigenvalue weighted by Gasteiger charge is -2.29. The van der Waals surface area contributed by atoms with Gasteiger partial charge in [0.1, 0.15) is 0 Å². The first-order chi connectivity index (χ1) is 5.65. The van der Waals surface area contributed by atoms with E-state index in [1.54, 1.807) is 0 Å². The van der Waals surface area contributed by atoms with Gasteiger partial charge < -0.3 is 10.6 Å². The minimum atomic E-state index is 0.341. The van der Waals surface area contributed by atoms with Crippen LogP contribution in [0.2, 0.25) is 0 Å². The maximum absolute atomic E-state index is 5.97. The van der Waals surface area contributed by atoms with E-state index in [0.29, 0.717) is 12.1 Å². The van der Waals surface area contributed by atoms with E-state index < -0.39 is 0 Å². The molecule has 2 unspecified atom stereocenters. The molecule has 1 aliphatic carbocycles. The first-order valence-corrected chi connectivity index (χ1v) is 5.11. The molecule has 0 saturated heterocycles. The maximum Gasteiger partial charge on any atom is 0.0215 e. The fourth-order valence-electron chi connectivity index (χ4n) is 1.54. The van der Waals surface area contributed by atoms with Crippen molar-refractivity contribution in [2.45, 2.75) is 45.2 Å². The van der Waals surface area contributed by atoms with E-state index in [-0.39, 0.29) is 0 Å². The Balaban J connectivity index is 2.23. The summed E-state index contributed by atoms with van der Waals surface area (Å²) in [5.74, 6) is 0.974. The molecule has 0 heterocycles. The molecule has 2 nitrogen and oxygen atoms in total. The van der Waals surface area contributed by atoms with Crippen molar-refractivity contribution >= 4 is 0 Å². The SMILES string of the molecule is CCC(N)C(C)N(C)CC1CC1. The highest BCUT2D eigenvalue weighted by Crippen LogP contribution is 2.29. The van der Waals surface area contributed by atoms with Gasteiger partial charge in [-0.05, 0) is 39.2 Å². The molecule has 1 aliphatic rings. The molecule has 0 aromatic heterocycles. The monoisotopic (exact) mass is 170 g/mol. The third-order valence-corrected chi connectivity index (χ3v) is 3.03. The number of likely N-dealkylation sites (N-methyl/N-ethyl adjacent to an activating group) is 1. The van der Waals surface area contributed by atoms with Crippen molar-refractivity contribution in [1.82, 2.24) is 4.90 Å². The highest BCUT2D eigenvalue weighted by atomic mass is 15.1. The van der Waals surface area contributed by atoms with Gasteiger partial charge in [0.2, 0.25) is 0 Å². The molecule has 72 valence electrons. The molecule has 12 heavy (non-hydrogen) atoms. The fraction of sp³-hybridized carbons (Fsp3) is 1.00. The van der Waals surface area contributed by atoms with Crippen LogP contribution in [0.25, 0.3) is 0 Å². The van der Waals surface area contributed by atoms with Crippen molar-refractivity contribution in [3.63, 3.8) is 0 Å². The quantitative estimate of drug-likeness (QED) is 0.676. The van der Waals surface area contributed by atoms with Gasteiger partial charge in [0.15, 0.2) is 0 Å². The smallest absolute Gasteiger partial charge is 0.0215 e. The first kappa shape index (κ1) is 10.0. The summed E-state index contributed by atoms with van der Waals surface area (Å²) in [5.41, 5.74) is 5.97. The molecule has 2 atom stereocenters. The Morgan fingerprint density at radius 2 is 2.08 bits per heavy atom. The Morgan fingerprint density at radius 1 is 1.50 bits per heavy atom. The van der Waals surface area contributed by atoms with Crippen LogP contribution in [-0.4, -0.2) is 30.6 Å². The molecule has 2 heteroatoms. The Hall–Kier alpha value is -0.0800. The lowest BCUT2D eigenvalue weighted by molar-refractivity contribution is 0.215. The highest BCUT2D eigenvalue weighted by molar-refractivity contribution is 4.81. The van der Waals surface area contributed by atoms with Crippen LogP contribution in [0.4, 0.5) is 0 Å². The van der Waals surface area contributed by atoms with Gasteiger partial charge in [-0.1, -0.05) is 6.92 Å². The first-order valence-electron chi connectivity index (χ1n) is 5.11. The lowest BCUT2D eigenvalue weighted by atomic mass is 10.1. The van der Waals surface area contributed by atoms with E-state index in [9.17, 15) is 0 Å². The zero-order valence-electron chi connectivity index (χ0n) is 8.59. The van der Waals surface area contributed by atoms with Crippen LogP contribution in [-0.2, 0) is 0 Å². The minimum Gasteiger partial charge on any atom is -0.326 e. The second-order valence-corrected chi connectivity index (χ2v) is 4.20. The van der Waals surface area contributed by atoms with Gasteiger partial charge in [0.05, 0.1) is 0 Å². The normalized spacial score (nSPS) is 22.8. The molecule has 0 aliphatic heterocycles. The zero-order chi connectivity index (χ0) is 9.14. The van der Waals surface area contributed by atoms with E-state index in [2.05, 4.69) is 25.8 Å². The summed E-state index contributed by atoms with van der Waals surface area (Å²) in [4.78, 5) is 2.41. The van der Waals surface area contributed by atoms with E-state index >= 15 is 0 Å². The minimum absolute atomic E-state index is 0.341. The van der Waals surface area contributed by atoms with Crippen molar-refractivity contribution < 1.29 is 0 Å². The largest absolute Gasteiger partial charge is 0.326 e. The van der Waals surface area contributed by atoms with E-state index in [0.717, 1.165) is 12.3 Å². The predicted octanol–water partition coefficient (Wildman–Crippen LogP) is 1.45. The van der Waals surface area contributed by atoms with Crippen LogP contribution in [0.5, 0.6) is 0 Å². The third kappa shape index (κ3) is 2.76. The Kier molecular flexibility index (Phi) is 3.53. The van der Waals surface area contributed by atoms with E-state index in [1.807, 2.05) is 0 Å². The molecule has 0 spiro atoms. The van der Waals surface area contributed by atoms with Gasteiger partial charge in [-0.25, -0.2) is 0 Å². The Morgan fingerprint density at radius 3 is 2.50 bits per heavy atom. The second kappa shape index (κ2) is 4.24. The van der Waals surface area contributed by atoms with Gasteiger partial charge in [-0.2, -0.15) is 0 Å². The Labute approximate surface area is 76.1 Å². The lowest BCUT2D eigenvalue weighted by Crippen LogP contribution is -2.44. The second-order valence-electron chi connectivity index (χ2n) is 4.20. The number of nitrogens with zero attached hydrogens (tertiary/aromatic N) is 1. The average Bonchev–Trinajstić information content (AvgIpc) is 2.85. The molecule has 1 fully saturated rings. The average molecular weight is 170 g/mol. The van der Waals surface area contributed by atoms with Crippen molar-refractivity contribution in [3.8, 4) is 0 Å². The highest BCUT2D eigenvalue weighted by Gasteiger charge is 2.25. The van der Waals surface area contributed by atoms with Gasteiger partial charge in [0, 0.05) is 18.6 Å². The summed E-state index contributed by atoms with van der Waals surface area (Å²) in [6, 6.07) is 0.879. The standard InChI is InChI=1S/C10H22N2/c1-4-10(11)8(2)12(3)7-9-5-6-9/h8-10H,4-7,11H2,1-3H3. The molecule has 0 amide bonds. The number of rotatable bonds is 5. The summed E-state index contributed by atoms with van der Waals surface area (Å²) in [6.07, 6.45) is 3.94. The molecule has 1 saturated carbocycles. The predicted molar refractivity (Wildman–Crippen MR) is 53.1 cm³/mol. The van der Waals surface area contributed by atoms with Crippen molar-refractivity contribution in [3.05, 3.63) is 0 Å². The molecule has 0 radical (unpaired) electrons. The van der Waals surface area contributed by atoms with Gasteiger partial charge in [-0.3, -0.25) is 0 Å². The van der Waals surface area contributed by atoms with Gasteiger partial charge >= 0.3 is 0 Å². The van der Waals surface area contributed by atoms with E-state index in [4.69, 9.17) is 5.73 Å². The van der Waals surface area contributed by atoms with Crippen LogP contribution < -0.4 is 5.73 Å². The Bertz CT molecular complexity index is 132. The van der Waals surface area contributed by atoms with Crippen LogP contribution in [0, 0.1) is 5.92 Å². The molecule has 0 bridgehead atoms.